The van der Waals surface area contributed by atoms with E-state index in [1.807, 2.05) is 20.8 Å². The zero-order valence-electron chi connectivity index (χ0n) is 18.1. The van der Waals surface area contributed by atoms with Crippen molar-refractivity contribution in [3.8, 4) is 11.5 Å². The number of rotatable bonds is 4. The number of nitrogens with zero attached hydrogens (tertiary/aromatic N) is 2. The van der Waals surface area contributed by atoms with Crippen LogP contribution in [0.15, 0.2) is 36.5 Å². The van der Waals surface area contributed by atoms with Gasteiger partial charge in [0.15, 0.2) is 11.6 Å². The van der Waals surface area contributed by atoms with Gasteiger partial charge in [0.25, 0.3) is 6.47 Å². The van der Waals surface area contributed by atoms with Crippen molar-refractivity contribution >= 4 is 38.7 Å². The first-order valence-corrected chi connectivity index (χ1v) is 11.1. The molecule has 31 heavy (non-hydrogen) atoms. The van der Waals surface area contributed by atoms with Crippen LogP contribution in [0.5, 0.6) is 11.5 Å². The fourth-order valence-corrected chi connectivity index (χ4v) is 4.23. The van der Waals surface area contributed by atoms with Crippen LogP contribution >= 0.6 is 11.3 Å². The van der Waals surface area contributed by atoms with Gasteiger partial charge in [0.05, 0.1) is 15.2 Å². The van der Waals surface area contributed by atoms with E-state index in [4.69, 9.17) is 10.5 Å². The van der Waals surface area contributed by atoms with Crippen molar-refractivity contribution in [3.05, 3.63) is 42.3 Å². The van der Waals surface area contributed by atoms with Crippen molar-refractivity contribution in [2.75, 3.05) is 23.7 Å². The second kappa shape index (κ2) is 9.96. The van der Waals surface area contributed by atoms with Gasteiger partial charge in [-0.1, -0.05) is 0 Å². The molecule has 1 saturated heterocycles. The van der Waals surface area contributed by atoms with Crippen LogP contribution in [0.4, 0.5) is 15.1 Å². The largest absolute Gasteiger partial charge is 0.462 e. The van der Waals surface area contributed by atoms with Crippen LogP contribution < -0.4 is 15.4 Å². The number of benzene rings is 1. The van der Waals surface area contributed by atoms with Crippen LogP contribution in [0.2, 0.25) is 0 Å². The van der Waals surface area contributed by atoms with E-state index in [-0.39, 0.29) is 11.4 Å². The molecule has 3 aromatic rings. The normalized spacial score (nSPS) is 14.0. The molecule has 2 aromatic heterocycles. The number of piperidine rings is 1. The molecule has 2 N–H and O–H groups in total. The molecule has 166 valence electrons. The average molecular weight is 446 g/mol. The van der Waals surface area contributed by atoms with Crippen LogP contribution in [0.3, 0.4) is 0 Å². The van der Waals surface area contributed by atoms with Gasteiger partial charge in [0.1, 0.15) is 11.4 Å². The summed E-state index contributed by atoms with van der Waals surface area (Å²) < 4.78 is 25.3. The second-order valence-corrected chi connectivity index (χ2v) is 9.30. The fraction of sp³-hybridized carbons (Fsp3) is 0.391. The summed E-state index contributed by atoms with van der Waals surface area (Å²) in [6, 6.07) is 8.31. The van der Waals surface area contributed by atoms with Crippen molar-refractivity contribution in [2.45, 2.75) is 45.6 Å². The molecule has 1 fully saturated rings. The van der Waals surface area contributed by atoms with Gasteiger partial charge in [0, 0.05) is 37.1 Å². The summed E-state index contributed by atoms with van der Waals surface area (Å²) in [5.74, 6) is 0.328. The predicted octanol–water partition coefficient (Wildman–Crippen LogP) is 5.76. The van der Waals surface area contributed by atoms with Crippen LogP contribution in [0, 0.1) is 5.82 Å². The maximum Gasteiger partial charge on any atom is 0.293 e. The molecule has 6 nitrogen and oxygen atoms in total. The van der Waals surface area contributed by atoms with E-state index in [2.05, 4.69) is 20.7 Å². The van der Waals surface area contributed by atoms with Crippen molar-refractivity contribution in [3.63, 3.8) is 0 Å². The van der Waals surface area contributed by atoms with Crippen molar-refractivity contribution in [1.82, 2.24) is 4.98 Å². The number of halogens is 1. The topological polar surface area (TPSA) is 77.7 Å². The maximum absolute atomic E-state index is 14.0. The van der Waals surface area contributed by atoms with Crippen molar-refractivity contribution in [1.29, 1.82) is 0 Å². The summed E-state index contributed by atoms with van der Waals surface area (Å²) in [6.07, 6.45) is 5.44. The van der Waals surface area contributed by atoms with E-state index < -0.39 is 5.82 Å². The Labute approximate surface area is 185 Å². The molecule has 0 unspecified atom stereocenters. The second-order valence-electron chi connectivity index (χ2n) is 8.27. The number of pyridine rings is 1. The Kier molecular flexibility index (Phi) is 7.33. The van der Waals surface area contributed by atoms with Gasteiger partial charge in [-0.3, -0.25) is 9.78 Å². The van der Waals surface area contributed by atoms with Gasteiger partial charge in [-0.25, -0.2) is 4.39 Å². The van der Waals surface area contributed by atoms with E-state index in [9.17, 15) is 9.18 Å². The number of carbonyl (C=O) groups excluding carboxylic acids is 1. The van der Waals surface area contributed by atoms with Crippen molar-refractivity contribution in [2.24, 2.45) is 0 Å². The van der Waals surface area contributed by atoms with Crippen molar-refractivity contribution < 1.29 is 18.7 Å². The first-order chi connectivity index (χ1) is 14.8. The number of hydrogen-bond donors (Lipinski definition) is 1. The number of aromatic nitrogens is 1. The Balaban J connectivity index is 0.000000339. The van der Waals surface area contributed by atoms with E-state index in [0.717, 1.165) is 23.3 Å². The number of anilines is 2. The number of nitrogen functional groups attached to an aromatic ring is 1. The van der Waals surface area contributed by atoms with Crippen LogP contribution in [0.1, 0.15) is 40.0 Å². The minimum Gasteiger partial charge on any atom is -0.462 e. The Morgan fingerprint density at radius 2 is 1.87 bits per heavy atom. The number of fused-ring (bicyclic) bond motifs is 1. The summed E-state index contributed by atoms with van der Waals surface area (Å²) in [5, 5.41) is 1.20. The maximum atomic E-state index is 14.0. The van der Waals surface area contributed by atoms with E-state index in [0.29, 0.717) is 17.9 Å². The smallest absolute Gasteiger partial charge is 0.293 e. The lowest BCUT2D eigenvalue weighted by molar-refractivity contribution is -0.138. The lowest BCUT2D eigenvalue weighted by atomic mass is 10.1. The third kappa shape index (κ3) is 6.30. The summed E-state index contributed by atoms with van der Waals surface area (Å²) in [6.45, 7) is 8.08. The average Bonchev–Trinajstić information content (AvgIpc) is 3.16. The standard InChI is InChI=1S/C18H18FN3OS.C5H10O2/c19-13-10-12(20)4-5-15(13)23-16-6-7-21-14-11-17(24-18(14)16)22-8-2-1-3-9-22;1-5(2,3)7-4-6/h4-7,10-11H,1-3,8-9,20H2;4H,1-3H3. The first-order valence-electron chi connectivity index (χ1n) is 10.2. The summed E-state index contributed by atoms with van der Waals surface area (Å²) in [5.41, 5.74) is 6.53. The monoisotopic (exact) mass is 445 g/mol. The minimum absolute atomic E-state index is 0.171. The molecule has 8 heteroatoms. The summed E-state index contributed by atoms with van der Waals surface area (Å²) in [4.78, 5) is 16.4. The number of hydrogen-bond acceptors (Lipinski definition) is 7. The third-order valence-electron chi connectivity index (χ3n) is 4.61. The highest BCUT2D eigenvalue weighted by Gasteiger charge is 2.17. The molecule has 1 aromatic carbocycles. The Bertz CT molecular complexity index is 1030. The quantitative estimate of drug-likeness (QED) is 0.406. The molecule has 4 rings (SSSR count). The van der Waals surface area contributed by atoms with Gasteiger partial charge in [0.2, 0.25) is 0 Å². The van der Waals surface area contributed by atoms with E-state index in [1.54, 1.807) is 35.7 Å². The fourth-order valence-electron chi connectivity index (χ4n) is 3.12. The minimum atomic E-state index is -0.465. The molecular formula is C23H28FN3O3S. The van der Waals surface area contributed by atoms with Gasteiger partial charge in [-0.2, -0.15) is 0 Å². The predicted molar refractivity (Wildman–Crippen MR) is 123 cm³/mol. The molecule has 0 aliphatic carbocycles. The Morgan fingerprint density at radius 3 is 2.48 bits per heavy atom. The third-order valence-corrected chi connectivity index (χ3v) is 5.81. The molecule has 0 radical (unpaired) electrons. The van der Waals surface area contributed by atoms with Gasteiger partial charge >= 0.3 is 0 Å². The lowest BCUT2D eigenvalue weighted by Crippen LogP contribution is -2.28. The zero-order valence-corrected chi connectivity index (χ0v) is 18.9. The summed E-state index contributed by atoms with van der Waals surface area (Å²) in [7, 11) is 0. The highest BCUT2D eigenvalue weighted by atomic mass is 32.1. The van der Waals surface area contributed by atoms with Crippen LogP contribution in [-0.4, -0.2) is 30.1 Å². The molecule has 3 heterocycles. The first kappa shape index (κ1) is 22.8. The molecule has 0 bridgehead atoms. The van der Waals surface area contributed by atoms with Gasteiger partial charge in [-0.15, -0.1) is 11.3 Å². The van der Waals surface area contributed by atoms with E-state index in [1.165, 1.54) is 30.3 Å². The molecule has 0 saturated carbocycles. The number of carbonyl (C=O) groups is 1. The van der Waals surface area contributed by atoms with E-state index >= 15 is 0 Å². The number of nitrogens with two attached hydrogens (primary N) is 1. The van der Waals surface area contributed by atoms with Crippen LogP contribution in [0.25, 0.3) is 10.2 Å². The SMILES string of the molecule is CC(C)(C)OC=O.Nc1ccc(Oc2ccnc3cc(N4CCCCC4)sc23)c(F)c1. The molecule has 0 amide bonds. The summed E-state index contributed by atoms with van der Waals surface area (Å²) >= 11 is 1.65. The number of ether oxygens (including phenoxy) is 2. The van der Waals surface area contributed by atoms with Gasteiger partial charge < -0.3 is 20.1 Å². The highest BCUT2D eigenvalue weighted by molar-refractivity contribution is 7.23. The zero-order chi connectivity index (χ0) is 22.4. The molecule has 0 spiro atoms. The Hall–Kier alpha value is -2.87. The number of thiophene rings is 1. The lowest BCUT2D eigenvalue weighted by Gasteiger charge is -2.26. The van der Waals surface area contributed by atoms with Gasteiger partial charge in [-0.05, 0) is 58.2 Å². The molecule has 1 aliphatic rings. The molecular weight excluding hydrogens is 417 g/mol. The molecule has 0 atom stereocenters. The van der Waals surface area contributed by atoms with Crippen LogP contribution in [-0.2, 0) is 9.53 Å². The highest BCUT2D eigenvalue weighted by Crippen LogP contribution is 2.40. The molecule has 1 aliphatic heterocycles. The Morgan fingerprint density at radius 1 is 1.13 bits per heavy atom.